The molecule has 1 aromatic heterocycles. The number of ether oxygens (including phenoxy) is 1. The summed E-state index contributed by atoms with van der Waals surface area (Å²) in [5.74, 6) is -3.59. The molecule has 0 amide bonds. The van der Waals surface area contributed by atoms with Crippen molar-refractivity contribution < 1.29 is 27.2 Å². The van der Waals surface area contributed by atoms with E-state index in [2.05, 4.69) is 9.72 Å². The molecule has 0 radical (unpaired) electrons. The molecule has 106 valence electrons. The first-order valence-corrected chi connectivity index (χ1v) is 5.74. The largest absolute Gasteiger partial charge is 0.390 e. The molecular weight excluding hydrogens is 303 g/mol. The van der Waals surface area contributed by atoms with Crippen molar-refractivity contribution in [3.63, 3.8) is 0 Å². The lowest BCUT2D eigenvalue weighted by Gasteiger charge is -2.20. The molecule has 4 atom stereocenters. The van der Waals surface area contributed by atoms with E-state index in [4.69, 9.17) is 31.7 Å². The van der Waals surface area contributed by atoms with E-state index < -0.39 is 36.4 Å². The van der Waals surface area contributed by atoms with Gasteiger partial charge in [-0.3, -0.25) is 14.3 Å². The Hall–Kier alpha value is -0.840. The molecule has 0 spiro atoms. The van der Waals surface area contributed by atoms with E-state index in [1.807, 2.05) is 0 Å². The predicted molar refractivity (Wildman–Crippen MR) is 64.0 cm³/mol. The number of aliphatic hydroxyl groups is 3. The monoisotopic (exact) mass is 314 g/mol. The first kappa shape index (κ1) is 11.9. The van der Waals surface area contributed by atoms with Gasteiger partial charge in [0.2, 0.25) is 0 Å². The van der Waals surface area contributed by atoms with Crippen molar-refractivity contribution in [3.8, 4) is 0 Å². The highest BCUT2D eigenvalue weighted by Crippen LogP contribution is 2.38. The van der Waals surface area contributed by atoms with Crippen LogP contribution in [0.5, 0.6) is 0 Å². The molecule has 0 aliphatic carbocycles. The summed E-state index contributed by atoms with van der Waals surface area (Å²) < 4.78 is 33.4. The number of nitrogens with zero attached hydrogens (tertiary/aromatic N) is 1. The van der Waals surface area contributed by atoms with E-state index in [9.17, 15) is 19.4 Å². The zero-order valence-corrected chi connectivity index (χ0v) is 10.7. The third-order valence-corrected chi connectivity index (χ3v) is 3.22. The summed E-state index contributed by atoms with van der Waals surface area (Å²) in [4.78, 5) is 13.4. The number of H-pyrrole nitrogens is 1. The SMILES string of the molecule is [2H]C([2H])(O)[C@@]1(F)O[C@@H](n2cc(Cl)c(=O)[nH]c2=S)[C@H](O)[C@@H]1O. The number of alkyl halides is 1. The van der Waals surface area contributed by atoms with Crippen LogP contribution in [0.4, 0.5) is 4.39 Å². The fourth-order valence-corrected chi connectivity index (χ4v) is 2.06. The van der Waals surface area contributed by atoms with Crippen LogP contribution in [0.3, 0.4) is 0 Å². The molecule has 0 saturated carbocycles. The first-order valence-electron chi connectivity index (χ1n) is 5.95. The van der Waals surface area contributed by atoms with Gasteiger partial charge in [0, 0.05) is 6.20 Å². The Balaban J connectivity index is 2.51. The average Bonchev–Trinajstić information content (AvgIpc) is 2.59. The molecule has 1 aliphatic rings. The number of hydrogen-bond donors (Lipinski definition) is 4. The molecule has 19 heavy (non-hydrogen) atoms. The molecule has 1 aromatic rings. The lowest BCUT2D eigenvalue weighted by molar-refractivity contribution is -0.207. The quantitative estimate of drug-likeness (QED) is 0.547. The normalized spacial score (nSPS) is 37.0. The molecule has 1 fully saturated rings. The highest BCUT2D eigenvalue weighted by molar-refractivity contribution is 7.71. The van der Waals surface area contributed by atoms with E-state index in [0.29, 0.717) is 0 Å². The van der Waals surface area contributed by atoms with Gasteiger partial charge in [-0.2, -0.15) is 0 Å². The summed E-state index contributed by atoms with van der Waals surface area (Å²) >= 11 is 10.4. The Labute approximate surface area is 118 Å². The number of rotatable bonds is 2. The second-order valence-electron chi connectivity index (χ2n) is 3.84. The van der Waals surface area contributed by atoms with Crippen LogP contribution < -0.4 is 5.56 Å². The first-order chi connectivity index (χ1) is 9.49. The molecule has 0 bridgehead atoms. The van der Waals surface area contributed by atoms with E-state index in [-0.39, 0.29) is 9.79 Å². The van der Waals surface area contributed by atoms with E-state index in [1.54, 1.807) is 0 Å². The number of halogens is 2. The van der Waals surface area contributed by atoms with Crippen LogP contribution in [0.25, 0.3) is 0 Å². The van der Waals surface area contributed by atoms with Gasteiger partial charge in [-0.15, -0.1) is 0 Å². The second kappa shape index (κ2) is 4.93. The number of aromatic nitrogens is 2. The summed E-state index contributed by atoms with van der Waals surface area (Å²) in [6.07, 6.45) is -5.13. The average molecular weight is 315 g/mol. The fourth-order valence-electron chi connectivity index (χ4n) is 1.65. The smallest absolute Gasteiger partial charge is 0.270 e. The highest BCUT2D eigenvalue weighted by atomic mass is 35.5. The number of nitrogens with one attached hydrogen (secondary N) is 1. The third kappa shape index (κ3) is 2.33. The zero-order chi connectivity index (χ0) is 16.2. The van der Waals surface area contributed by atoms with Gasteiger partial charge in [0.1, 0.15) is 23.8 Å². The molecule has 10 heteroatoms. The summed E-state index contributed by atoms with van der Waals surface area (Å²) in [6, 6.07) is 0. The summed E-state index contributed by atoms with van der Waals surface area (Å²) in [6.45, 7) is -3.59. The van der Waals surface area contributed by atoms with Crippen LogP contribution in [0.15, 0.2) is 11.0 Å². The van der Waals surface area contributed by atoms with Gasteiger partial charge in [0.25, 0.3) is 11.4 Å². The maximum atomic E-state index is 14.3. The minimum atomic E-state index is -3.59. The van der Waals surface area contributed by atoms with Crippen molar-refractivity contribution in [1.82, 2.24) is 9.55 Å². The van der Waals surface area contributed by atoms with Crippen molar-refractivity contribution in [2.24, 2.45) is 0 Å². The number of aromatic amines is 1. The Morgan fingerprint density at radius 2 is 2.37 bits per heavy atom. The Kier molecular flexibility index (Phi) is 3.10. The third-order valence-electron chi connectivity index (χ3n) is 2.64. The minimum absolute atomic E-state index is 0.302. The lowest BCUT2D eigenvalue weighted by atomic mass is 10.1. The minimum Gasteiger partial charge on any atom is -0.390 e. The molecule has 2 heterocycles. The fraction of sp³-hybridized carbons (Fsp3) is 0.556. The van der Waals surface area contributed by atoms with Crippen LogP contribution in [-0.4, -0.2) is 49.5 Å². The molecule has 0 aromatic carbocycles. The van der Waals surface area contributed by atoms with Crippen molar-refractivity contribution in [3.05, 3.63) is 26.3 Å². The standard InChI is InChI=1S/C9H10ClFN2O5S/c10-3-1-13(8(19)12-6(3)17)7-4(15)5(16)9(11,2-14)18-7/h1,4-5,7,14-16H,2H2,(H,12,17,19)/t4-,5+,7-,9-/m1/s1/i2D2. The van der Waals surface area contributed by atoms with Crippen LogP contribution >= 0.6 is 23.8 Å². The topological polar surface area (TPSA) is 108 Å². The van der Waals surface area contributed by atoms with Crippen molar-refractivity contribution in [1.29, 1.82) is 0 Å². The van der Waals surface area contributed by atoms with E-state index in [1.165, 1.54) is 0 Å². The summed E-state index contributed by atoms with van der Waals surface area (Å²) in [5.41, 5.74) is -0.727. The van der Waals surface area contributed by atoms with Crippen LogP contribution in [0, 0.1) is 4.77 Å². The van der Waals surface area contributed by atoms with Crippen LogP contribution in [0.2, 0.25) is 5.02 Å². The molecule has 0 unspecified atom stereocenters. The molecule has 1 saturated heterocycles. The van der Waals surface area contributed by atoms with Gasteiger partial charge >= 0.3 is 0 Å². The Bertz CT molecular complexity index is 679. The van der Waals surface area contributed by atoms with Crippen molar-refractivity contribution in [2.45, 2.75) is 24.3 Å². The zero-order valence-electron chi connectivity index (χ0n) is 11.1. The van der Waals surface area contributed by atoms with Gasteiger partial charge in [-0.1, -0.05) is 11.6 Å². The molecular formula is C9H10ClFN2O5S. The van der Waals surface area contributed by atoms with Crippen molar-refractivity contribution >= 4 is 23.8 Å². The van der Waals surface area contributed by atoms with Crippen LogP contribution in [0.1, 0.15) is 8.97 Å². The van der Waals surface area contributed by atoms with Crippen molar-refractivity contribution in [2.75, 3.05) is 6.56 Å². The Morgan fingerprint density at radius 3 is 2.89 bits per heavy atom. The second-order valence-corrected chi connectivity index (χ2v) is 4.64. The molecule has 2 rings (SSSR count). The number of aliphatic hydroxyl groups excluding tert-OH is 2. The maximum Gasteiger partial charge on any atom is 0.270 e. The van der Waals surface area contributed by atoms with Crippen LogP contribution in [-0.2, 0) is 4.74 Å². The maximum absolute atomic E-state index is 14.3. The highest BCUT2D eigenvalue weighted by Gasteiger charge is 2.55. The Morgan fingerprint density at radius 1 is 1.74 bits per heavy atom. The van der Waals surface area contributed by atoms with E-state index in [0.717, 1.165) is 10.8 Å². The van der Waals surface area contributed by atoms with Gasteiger partial charge in [-0.25, -0.2) is 4.39 Å². The van der Waals surface area contributed by atoms with E-state index >= 15 is 0 Å². The summed E-state index contributed by atoms with van der Waals surface area (Å²) in [7, 11) is 0. The number of hydrogen-bond acceptors (Lipinski definition) is 6. The van der Waals surface area contributed by atoms with Gasteiger partial charge in [0.05, 0.1) is 2.74 Å². The predicted octanol–water partition coefficient (Wildman–Crippen LogP) is -0.532. The van der Waals surface area contributed by atoms with Gasteiger partial charge < -0.3 is 20.1 Å². The van der Waals surface area contributed by atoms with Gasteiger partial charge in [0.15, 0.2) is 11.0 Å². The molecule has 4 N–H and O–H groups in total. The molecule has 1 aliphatic heterocycles. The van der Waals surface area contributed by atoms with Gasteiger partial charge in [-0.05, 0) is 12.2 Å². The molecule has 7 nitrogen and oxygen atoms in total. The summed E-state index contributed by atoms with van der Waals surface area (Å²) in [5, 5.41) is 28.2. The lowest BCUT2D eigenvalue weighted by Crippen LogP contribution is -2.42.